The maximum atomic E-state index is 6.10. The van der Waals surface area contributed by atoms with E-state index in [1.54, 1.807) is 0 Å². The summed E-state index contributed by atoms with van der Waals surface area (Å²) < 4.78 is 7.76. The second-order valence-corrected chi connectivity index (χ2v) is 6.50. The molecule has 0 aliphatic carbocycles. The smallest absolute Gasteiger partial charge is 0.139 e. The molecule has 0 aliphatic heterocycles. The lowest BCUT2D eigenvalue weighted by molar-refractivity contribution is 0.305. The monoisotopic (exact) mass is 417 g/mol. The Morgan fingerprint density at radius 2 is 1.95 bits per heavy atom. The van der Waals surface area contributed by atoms with E-state index < -0.39 is 0 Å². The molecule has 0 bridgehead atoms. The van der Waals surface area contributed by atoms with Gasteiger partial charge in [-0.2, -0.15) is 0 Å². The quantitative estimate of drug-likeness (QED) is 0.723. The number of nitrogens with one attached hydrogen (secondary N) is 1. The van der Waals surface area contributed by atoms with Gasteiger partial charge >= 0.3 is 0 Å². The molecule has 0 atom stereocenters. The number of hydrogen-bond acceptors (Lipinski definition) is 2. The Bertz CT molecular complexity index is 604. The first-order valence-electron chi connectivity index (χ1n) is 6.10. The first-order valence-corrected chi connectivity index (χ1v) is 8.06. The Balaban J connectivity index is 2.09. The molecule has 0 aliphatic rings. The third-order valence-corrected chi connectivity index (χ3v) is 4.32. The maximum Gasteiger partial charge on any atom is 0.139 e. The fourth-order valence-electron chi connectivity index (χ4n) is 1.77. The summed E-state index contributed by atoms with van der Waals surface area (Å²) in [6.45, 7) is 1.31. The van der Waals surface area contributed by atoms with Crippen LogP contribution in [0, 0.1) is 0 Å². The highest BCUT2D eigenvalue weighted by Crippen LogP contribution is 2.29. The van der Waals surface area contributed by atoms with Gasteiger partial charge in [-0.1, -0.05) is 55.6 Å². The summed E-state index contributed by atoms with van der Waals surface area (Å²) in [6.07, 6.45) is 0. The van der Waals surface area contributed by atoms with Crippen LogP contribution in [-0.2, 0) is 13.2 Å². The predicted octanol–water partition coefficient (Wildman–Crippen LogP) is 5.16. The van der Waals surface area contributed by atoms with Gasteiger partial charge in [0, 0.05) is 21.1 Å². The molecule has 2 rings (SSSR count). The van der Waals surface area contributed by atoms with Crippen LogP contribution < -0.4 is 10.1 Å². The Kier molecular flexibility index (Phi) is 5.90. The van der Waals surface area contributed by atoms with Crippen molar-refractivity contribution in [3.05, 3.63) is 61.5 Å². The topological polar surface area (TPSA) is 21.3 Å². The molecule has 1 N–H and O–H groups in total. The first kappa shape index (κ1) is 15.8. The van der Waals surface area contributed by atoms with Crippen molar-refractivity contribution in [1.29, 1.82) is 0 Å². The predicted molar refractivity (Wildman–Crippen MR) is 90.4 cm³/mol. The minimum absolute atomic E-state index is 0.469. The van der Waals surface area contributed by atoms with Crippen LogP contribution in [-0.4, -0.2) is 7.05 Å². The first-order chi connectivity index (χ1) is 9.60. The van der Waals surface area contributed by atoms with Gasteiger partial charge in [0.1, 0.15) is 12.4 Å². The van der Waals surface area contributed by atoms with Crippen molar-refractivity contribution in [2.24, 2.45) is 0 Å². The largest absolute Gasteiger partial charge is 0.487 e. The lowest BCUT2D eigenvalue weighted by Gasteiger charge is -2.11. The molecule has 0 saturated heterocycles. The summed E-state index contributed by atoms with van der Waals surface area (Å²) >= 11 is 13.1. The standard InChI is InChI=1S/C15H14Br2ClNO/c1-19-8-10-2-3-11(13(17)6-10)9-20-15-7-12(16)4-5-14(15)18/h2-7,19H,8-9H2,1H3. The number of benzene rings is 2. The van der Waals surface area contributed by atoms with Crippen LogP contribution in [0.2, 0.25) is 5.02 Å². The van der Waals surface area contributed by atoms with E-state index in [0.717, 1.165) is 21.1 Å². The van der Waals surface area contributed by atoms with E-state index in [-0.39, 0.29) is 0 Å². The van der Waals surface area contributed by atoms with Crippen LogP contribution in [0.15, 0.2) is 45.3 Å². The number of ether oxygens (including phenoxy) is 1. The summed E-state index contributed by atoms with van der Waals surface area (Å²) in [5.74, 6) is 0.673. The zero-order valence-electron chi connectivity index (χ0n) is 10.9. The molecule has 2 aromatic rings. The molecule has 2 aromatic carbocycles. The Morgan fingerprint density at radius 1 is 1.15 bits per heavy atom. The Labute approximate surface area is 140 Å². The third-order valence-electron chi connectivity index (χ3n) is 2.77. The van der Waals surface area contributed by atoms with Crippen LogP contribution in [0.3, 0.4) is 0 Å². The van der Waals surface area contributed by atoms with Crippen molar-refractivity contribution in [3.8, 4) is 5.75 Å². The van der Waals surface area contributed by atoms with E-state index in [1.165, 1.54) is 5.56 Å². The highest BCUT2D eigenvalue weighted by molar-refractivity contribution is 9.10. The molecule has 5 heteroatoms. The number of halogens is 3. The van der Waals surface area contributed by atoms with Crippen LogP contribution in [0.25, 0.3) is 0 Å². The third kappa shape index (κ3) is 4.22. The van der Waals surface area contributed by atoms with Crippen LogP contribution in [0.4, 0.5) is 0 Å². The van der Waals surface area contributed by atoms with Gasteiger partial charge in [-0.15, -0.1) is 0 Å². The van der Waals surface area contributed by atoms with Crippen molar-refractivity contribution in [2.45, 2.75) is 13.2 Å². The fourth-order valence-corrected chi connectivity index (χ4v) is 2.82. The van der Waals surface area contributed by atoms with E-state index in [4.69, 9.17) is 16.3 Å². The molecule has 0 fully saturated rings. The van der Waals surface area contributed by atoms with Gasteiger partial charge in [0.2, 0.25) is 0 Å². The summed E-state index contributed by atoms with van der Waals surface area (Å²) in [5, 5.41) is 3.73. The molecule has 106 valence electrons. The van der Waals surface area contributed by atoms with Crippen molar-refractivity contribution in [3.63, 3.8) is 0 Å². The molecule has 0 spiro atoms. The highest BCUT2D eigenvalue weighted by Gasteiger charge is 2.06. The zero-order chi connectivity index (χ0) is 14.5. The molecule has 0 radical (unpaired) electrons. The second kappa shape index (κ2) is 7.46. The molecule has 0 aromatic heterocycles. The Morgan fingerprint density at radius 3 is 2.65 bits per heavy atom. The van der Waals surface area contributed by atoms with Crippen molar-refractivity contribution in [2.75, 3.05) is 7.05 Å². The number of rotatable bonds is 5. The van der Waals surface area contributed by atoms with Gasteiger partial charge in [0.15, 0.2) is 0 Å². The zero-order valence-corrected chi connectivity index (χ0v) is 14.8. The molecule has 20 heavy (non-hydrogen) atoms. The lowest BCUT2D eigenvalue weighted by Crippen LogP contribution is -2.05. The van der Waals surface area contributed by atoms with Crippen LogP contribution in [0.5, 0.6) is 5.75 Å². The molecular weight excluding hydrogens is 405 g/mol. The fraction of sp³-hybridized carbons (Fsp3) is 0.200. The minimum atomic E-state index is 0.469. The lowest BCUT2D eigenvalue weighted by atomic mass is 10.1. The van der Waals surface area contributed by atoms with Crippen molar-refractivity contribution in [1.82, 2.24) is 5.32 Å². The van der Waals surface area contributed by atoms with Gasteiger partial charge in [-0.3, -0.25) is 0 Å². The maximum absolute atomic E-state index is 6.10. The summed E-state index contributed by atoms with van der Waals surface area (Å²) in [6, 6.07) is 11.8. The molecular formula is C15H14Br2ClNO. The molecule has 0 saturated carbocycles. The summed E-state index contributed by atoms with van der Waals surface area (Å²) in [4.78, 5) is 0. The average Bonchev–Trinajstić information content (AvgIpc) is 2.42. The van der Waals surface area contributed by atoms with Gasteiger partial charge in [0.05, 0.1) is 5.02 Å². The van der Waals surface area contributed by atoms with E-state index in [0.29, 0.717) is 17.4 Å². The van der Waals surface area contributed by atoms with Crippen LogP contribution in [0.1, 0.15) is 11.1 Å². The van der Waals surface area contributed by atoms with Gasteiger partial charge in [0.25, 0.3) is 0 Å². The molecule has 0 unspecified atom stereocenters. The SMILES string of the molecule is CNCc1ccc(COc2cc(Br)ccc2Cl)c(Br)c1. The van der Waals surface area contributed by atoms with E-state index in [9.17, 15) is 0 Å². The molecule has 2 nitrogen and oxygen atoms in total. The van der Waals surface area contributed by atoms with Crippen LogP contribution >= 0.6 is 43.5 Å². The van der Waals surface area contributed by atoms with E-state index >= 15 is 0 Å². The number of hydrogen-bond donors (Lipinski definition) is 1. The Hall–Kier alpha value is -0.550. The highest BCUT2D eigenvalue weighted by atomic mass is 79.9. The van der Waals surface area contributed by atoms with Gasteiger partial charge in [-0.05, 0) is 36.9 Å². The van der Waals surface area contributed by atoms with Crippen molar-refractivity contribution < 1.29 is 4.74 Å². The van der Waals surface area contributed by atoms with Gasteiger partial charge in [-0.25, -0.2) is 0 Å². The molecule has 0 amide bonds. The second-order valence-electron chi connectivity index (χ2n) is 4.32. The van der Waals surface area contributed by atoms with Crippen molar-refractivity contribution >= 4 is 43.5 Å². The molecule has 0 heterocycles. The minimum Gasteiger partial charge on any atom is -0.487 e. The average molecular weight is 420 g/mol. The van der Waals surface area contributed by atoms with E-state index in [2.05, 4.69) is 55.4 Å². The normalized spacial score (nSPS) is 10.6. The summed E-state index contributed by atoms with van der Waals surface area (Å²) in [5.41, 5.74) is 2.31. The van der Waals surface area contributed by atoms with Gasteiger partial charge < -0.3 is 10.1 Å². The summed E-state index contributed by atoms with van der Waals surface area (Å²) in [7, 11) is 1.93. The van der Waals surface area contributed by atoms with E-state index in [1.807, 2.05) is 25.2 Å².